The molecule has 0 amide bonds. The van der Waals surface area contributed by atoms with Crippen molar-refractivity contribution in [1.82, 2.24) is 0 Å². The van der Waals surface area contributed by atoms with Crippen LogP contribution in [0, 0.1) is 6.92 Å². The molecule has 1 heterocycles. The Morgan fingerprint density at radius 1 is 1.28 bits per heavy atom. The fourth-order valence-electron chi connectivity index (χ4n) is 2.77. The molecule has 18 heavy (non-hydrogen) atoms. The van der Waals surface area contributed by atoms with Gasteiger partial charge in [-0.3, -0.25) is 0 Å². The van der Waals surface area contributed by atoms with Crippen molar-refractivity contribution in [3.05, 3.63) is 29.3 Å². The molecule has 3 unspecified atom stereocenters. The van der Waals surface area contributed by atoms with E-state index in [1.807, 2.05) is 0 Å². The summed E-state index contributed by atoms with van der Waals surface area (Å²) in [6.07, 6.45) is 4.47. The Hall–Kier alpha value is -1.02. The molecule has 0 spiro atoms. The summed E-state index contributed by atoms with van der Waals surface area (Å²) in [5.41, 5.74) is 2.78. The van der Waals surface area contributed by atoms with Crippen LogP contribution >= 0.6 is 0 Å². The molecule has 0 N–H and O–H groups in total. The van der Waals surface area contributed by atoms with Gasteiger partial charge in [0.1, 0.15) is 5.75 Å². The van der Waals surface area contributed by atoms with Crippen LogP contribution < -0.4 is 4.74 Å². The van der Waals surface area contributed by atoms with Gasteiger partial charge in [0.05, 0.1) is 19.3 Å². The molecule has 0 aliphatic carbocycles. The highest BCUT2D eigenvalue weighted by Gasteiger charge is 2.38. The average Bonchev–Trinajstić information content (AvgIpc) is 3.14. The second-order valence-electron chi connectivity index (χ2n) is 5.18. The largest absolute Gasteiger partial charge is 0.497 e. The quantitative estimate of drug-likeness (QED) is 0.708. The summed E-state index contributed by atoms with van der Waals surface area (Å²) in [7, 11) is 1.72. The van der Waals surface area contributed by atoms with Gasteiger partial charge in [-0.1, -0.05) is 19.9 Å². The second-order valence-corrected chi connectivity index (χ2v) is 5.18. The SMILES string of the molecule is CCC(CC1OC1CC)c1ccc(OC)cc1C. The van der Waals surface area contributed by atoms with Gasteiger partial charge in [0.25, 0.3) is 0 Å². The highest BCUT2D eigenvalue weighted by Crippen LogP contribution is 2.37. The van der Waals surface area contributed by atoms with Crippen LogP contribution in [0.5, 0.6) is 5.75 Å². The predicted octanol–water partition coefficient (Wildman–Crippen LogP) is 4.06. The molecule has 1 saturated heterocycles. The first-order chi connectivity index (χ1) is 8.69. The van der Waals surface area contributed by atoms with E-state index < -0.39 is 0 Å². The first-order valence-electron chi connectivity index (χ1n) is 6.99. The van der Waals surface area contributed by atoms with Crippen molar-refractivity contribution in [1.29, 1.82) is 0 Å². The molecule has 1 aromatic rings. The van der Waals surface area contributed by atoms with E-state index in [1.54, 1.807) is 7.11 Å². The van der Waals surface area contributed by atoms with Crippen LogP contribution in [0.2, 0.25) is 0 Å². The van der Waals surface area contributed by atoms with Gasteiger partial charge >= 0.3 is 0 Å². The van der Waals surface area contributed by atoms with Crippen molar-refractivity contribution in [2.75, 3.05) is 7.11 Å². The van der Waals surface area contributed by atoms with Gasteiger partial charge in [-0.15, -0.1) is 0 Å². The molecule has 1 aliphatic rings. The number of aryl methyl sites for hydroxylation is 1. The molecule has 2 nitrogen and oxygen atoms in total. The molecule has 1 aromatic carbocycles. The van der Waals surface area contributed by atoms with E-state index in [9.17, 15) is 0 Å². The average molecular weight is 248 g/mol. The number of hydrogen-bond donors (Lipinski definition) is 0. The lowest BCUT2D eigenvalue weighted by atomic mass is 9.88. The number of rotatable bonds is 6. The van der Waals surface area contributed by atoms with E-state index in [2.05, 4.69) is 39.0 Å². The molecular weight excluding hydrogens is 224 g/mol. The zero-order valence-electron chi connectivity index (χ0n) is 11.9. The lowest BCUT2D eigenvalue weighted by Gasteiger charge is -2.17. The lowest BCUT2D eigenvalue weighted by Crippen LogP contribution is -2.05. The highest BCUT2D eigenvalue weighted by molar-refractivity contribution is 5.37. The summed E-state index contributed by atoms with van der Waals surface area (Å²) in [6, 6.07) is 6.41. The van der Waals surface area contributed by atoms with Crippen LogP contribution in [-0.2, 0) is 4.74 Å². The van der Waals surface area contributed by atoms with Crippen molar-refractivity contribution in [2.24, 2.45) is 0 Å². The van der Waals surface area contributed by atoms with Crippen LogP contribution in [0.4, 0.5) is 0 Å². The molecule has 3 atom stereocenters. The fourth-order valence-corrected chi connectivity index (χ4v) is 2.77. The Morgan fingerprint density at radius 2 is 2.06 bits per heavy atom. The zero-order valence-corrected chi connectivity index (χ0v) is 11.9. The van der Waals surface area contributed by atoms with Gasteiger partial charge in [0.15, 0.2) is 0 Å². The molecular formula is C16H24O2. The number of benzene rings is 1. The molecule has 0 saturated carbocycles. The van der Waals surface area contributed by atoms with Crippen LogP contribution in [-0.4, -0.2) is 19.3 Å². The topological polar surface area (TPSA) is 21.8 Å². The molecule has 0 radical (unpaired) electrons. The maximum absolute atomic E-state index is 5.68. The Kier molecular flexibility index (Phi) is 4.28. The summed E-state index contributed by atoms with van der Waals surface area (Å²) in [5, 5.41) is 0. The number of hydrogen-bond acceptors (Lipinski definition) is 2. The summed E-state index contributed by atoms with van der Waals surface area (Å²) in [5.74, 6) is 1.55. The number of ether oxygens (including phenoxy) is 2. The monoisotopic (exact) mass is 248 g/mol. The molecule has 0 bridgehead atoms. The second kappa shape index (κ2) is 5.75. The minimum Gasteiger partial charge on any atom is -0.497 e. The maximum Gasteiger partial charge on any atom is 0.119 e. The Bertz CT molecular complexity index is 400. The first kappa shape index (κ1) is 13.4. The van der Waals surface area contributed by atoms with E-state index in [0.29, 0.717) is 18.1 Å². The lowest BCUT2D eigenvalue weighted by molar-refractivity contribution is 0.348. The predicted molar refractivity (Wildman–Crippen MR) is 74.3 cm³/mol. The van der Waals surface area contributed by atoms with Crippen molar-refractivity contribution in [2.45, 2.75) is 58.2 Å². The minimum atomic E-state index is 0.487. The van der Waals surface area contributed by atoms with Crippen LogP contribution in [0.3, 0.4) is 0 Å². The van der Waals surface area contributed by atoms with E-state index in [0.717, 1.165) is 18.6 Å². The Labute approximate surface area is 110 Å². The third-order valence-electron chi connectivity index (χ3n) is 4.02. The van der Waals surface area contributed by atoms with Gasteiger partial charge < -0.3 is 9.47 Å². The molecule has 100 valence electrons. The van der Waals surface area contributed by atoms with E-state index in [-0.39, 0.29) is 0 Å². The molecule has 2 heteroatoms. The van der Waals surface area contributed by atoms with Crippen molar-refractivity contribution < 1.29 is 9.47 Å². The van der Waals surface area contributed by atoms with Crippen molar-refractivity contribution in [3.63, 3.8) is 0 Å². The van der Waals surface area contributed by atoms with Crippen LogP contribution in [0.1, 0.15) is 50.2 Å². The normalized spacial score (nSPS) is 23.8. The number of epoxide rings is 1. The fraction of sp³-hybridized carbons (Fsp3) is 0.625. The standard InChI is InChI=1S/C16H24O2/c1-5-12(10-16-15(6-2)18-16)14-8-7-13(17-4)9-11(14)3/h7-9,12,15-16H,5-6,10H2,1-4H3. The smallest absolute Gasteiger partial charge is 0.119 e. The van der Waals surface area contributed by atoms with Gasteiger partial charge in [0.2, 0.25) is 0 Å². The van der Waals surface area contributed by atoms with Crippen molar-refractivity contribution in [3.8, 4) is 5.75 Å². The summed E-state index contributed by atoms with van der Waals surface area (Å²) in [4.78, 5) is 0. The van der Waals surface area contributed by atoms with Gasteiger partial charge in [-0.2, -0.15) is 0 Å². The van der Waals surface area contributed by atoms with Gasteiger partial charge in [0, 0.05) is 0 Å². The minimum absolute atomic E-state index is 0.487. The Morgan fingerprint density at radius 3 is 2.56 bits per heavy atom. The maximum atomic E-state index is 5.68. The molecule has 1 fully saturated rings. The summed E-state index contributed by atoms with van der Waals surface area (Å²) in [6.45, 7) is 6.63. The molecule has 0 aromatic heterocycles. The van der Waals surface area contributed by atoms with Crippen LogP contribution in [0.25, 0.3) is 0 Å². The Balaban J connectivity index is 2.07. The number of methoxy groups -OCH3 is 1. The summed E-state index contributed by atoms with van der Waals surface area (Å²) >= 11 is 0. The highest BCUT2D eigenvalue weighted by atomic mass is 16.6. The van der Waals surface area contributed by atoms with Gasteiger partial charge in [-0.05, 0) is 55.4 Å². The van der Waals surface area contributed by atoms with Crippen LogP contribution in [0.15, 0.2) is 18.2 Å². The van der Waals surface area contributed by atoms with E-state index in [4.69, 9.17) is 9.47 Å². The third kappa shape index (κ3) is 2.86. The van der Waals surface area contributed by atoms with Gasteiger partial charge in [-0.25, -0.2) is 0 Å². The summed E-state index contributed by atoms with van der Waals surface area (Å²) < 4.78 is 10.9. The third-order valence-corrected chi connectivity index (χ3v) is 4.02. The molecule has 1 aliphatic heterocycles. The van der Waals surface area contributed by atoms with E-state index >= 15 is 0 Å². The van der Waals surface area contributed by atoms with E-state index in [1.165, 1.54) is 17.5 Å². The zero-order chi connectivity index (χ0) is 13.1. The first-order valence-corrected chi connectivity index (χ1v) is 6.99. The van der Waals surface area contributed by atoms with Crippen molar-refractivity contribution >= 4 is 0 Å². The molecule has 2 rings (SSSR count).